The zero-order valence-corrected chi connectivity index (χ0v) is 15.8. The molecule has 2 aliphatic rings. The van der Waals surface area contributed by atoms with Crippen LogP contribution in [0.1, 0.15) is 71.6 Å². The number of hydrogen-bond acceptors (Lipinski definition) is 3. The molecule has 2 fully saturated rings. The number of nitrogens with one attached hydrogen (secondary N) is 2. The van der Waals surface area contributed by atoms with Crippen LogP contribution in [-0.2, 0) is 0 Å². The van der Waals surface area contributed by atoms with Crippen LogP contribution in [0, 0.1) is 0 Å². The van der Waals surface area contributed by atoms with Crippen LogP contribution in [0.25, 0.3) is 0 Å². The molecule has 0 radical (unpaired) electrons. The highest BCUT2D eigenvalue weighted by Gasteiger charge is 2.23. The van der Waals surface area contributed by atoms with Crippen molar-refractivity contribution in [1.29, 1.82) is 0 Å². The zero-order valence-electron chi connectivity index (χ0n) is 15.8. The van der Waals surface area contributed by atoms with Crippen LogP contribution in [0.3, 0.4) is 0 Å². The van der Waals surface area contributed by atoms with Crippen molar-refractivity contribution in [3.05, 3.63) is 0 Å². The minimum absolute atomic E-state index is 0.100. The molecule has 5 heteroatoms. The van der Waals surface area contributed by atoms with Gasteiger partial charge < -0.3 is 15.7 Å². The number of piperidine rings is 1. The number of guanidine groups is 1. The summed E-state index contributed by atoms with van der Waals surface area (Å²) in [5.74, 6) is 0.958. The summed E-state index contributed by atoms with van der Waals surface area (Å²) >= 11 is 0. The molecule has 1 saturated heterocycles. The summed E-state index contributed by atoms with van der Waals surface area (Å²) in [6.45, 7) is 8.65. The molecule has 2 rings (SSSR count). The summed E-state index contributed by atoms with van der Waals surface area (Å²) in [6, 6.07) is 1.06. The van der Waals surface area contributed by atoms with Crippen LogP contribution in [-0.4, -0.2) is 60.3 Å². The predicted molar refractivity (Wildman–Crippen MR) is 101 cm³/mol. The number of likely N-dealkylation sites (tertiary alicyclic amines) is 1. The molecule has 0 spiro atoms. The van der Waals surface area contributed by atoms with Gasteiger partial charge in [0.2, 0.25) is 0 Å². The molecule has 5 nitrogen and oxygen atoms in total. The van der Waals surface area contributed by atoms with E-state index in [0.717, 1.165) is 44.7 Å². The van der Waals surface area contributed by atoms with Gasteiger partial charge in [0, 0.05) is 18.6 Å². The maximum atomic E-state index is 9.66. The summed E-state index contributed by atoms with van der Waals surface area (Å²) in [5, 5.41) is 16.6. The largest absolute Gasteiger partial charge is 0.393 e. The molecule has 0 aromatic rings. The fourth-order valence-electron chi connectivity index (χ4n) is 3.85. The lowest BCUT2D eigenvalue weighted by atomic mass is 9.93. The molecule has 140 valence electrons. The molecule has 1 heterocycles. The first-order valence-electron chi connectivity index (χ1n) is 10.2. The van der Waals surface area contributed by atoms with Crippen LogP contribution in [0.4, 0.5) is 0 Å². The number of aliphatic hydroxyl groups is 1. The number of hydrogen-bond donors (Lipinski definition) is 3. The smallest absolute Gasteiger partial charge is 0.191 e. The van der Waals surface area contributed by atoms with Gasteiger partial charge in [-0.15, -0.1) is 0 Å². The number of aliphatic hydroxyl groups excluding tert-OH is 1. The van der Waals surface area contributed by atoms with Gasteiger partial charge in [-0.2, -0.15) is 0 Å². The van der Waals surface area contributed by atoms with Gasteiger partial charge in [0.1, 0.15) is 0 Å². The van der Waals surface area contributed by atoms with Gasteiger partial charge in [0.25, 0.3) is 0 Å². The third-order valence-electron chi connectivity index (χ3n) is 5.39. The van der Waals surface area contributed by atoms with Gasteiger partial charge in [0.15, 0.2) is 5.96 Å². The predicted octanol–water partition coefficient (Wildman–Crippen LogP) is 2.50. The zero-order chi connectivity index (χ0) is 17.2. The minimum atomic E-state index is -0.100. The Kier molecular flexibility index (Phi) is 8.89. The number of rotatable bonds is 7. The average molecular weight is 339 g/mol. The van der Waals surface area contributed by atoms with Crippen LogP contribution in [0.15, 0.2) is 4.99 Å². The SMILES string of the molecule is CCCCN1CCCCC1CN=C(NCC)NC1CCC(O)CC1. The Balaban J connectivity index is 1.86. The van der Waals surface area contributed by atoms with E-state index in [1.165, 1.54) is 45.2 Å². The molecule has 0 bridgehead atoms. The summed E-state index contributed by atoms with van der Waals surface area (Å²) in [4.78, 5) is 7.55. The molecule has 1 unspecified atom stereocenters. The molecule has 0 amide bonds. The number of unbranched alkanes of at least 4 members (excludes halogenated alkanes) is 1. The second-order valence-electron chi connectivity index (χ2n) is 7.41. The first-order valence-corrected chi connectivity index (χ1v) is 10.2. The Morgan fingerprint density at radius 3 is 2.62 bits per heavy atom. The summed E-state index contributed by atoms with van der Waals surface area (Å²) < 4.78 is 0. The maximum Gasteiger partial charge on any atom is 0.191 e. The monoisotopic (exact) mass is 338 g/mol. The van der Waals surface area contributed by atoms with Crippen LogP contribution in [0.2, 0.25) is 0 Å². The van der Waals surface area contributed by atoms with Crippen molar-refractivity contribution < 1.29 is 5.11 Å². The van der Waals surface area contributed by atoms with E-state index in [0.29, 0.717) is 12.1 Å². The molecule has 1 saturated carbocycles. The Bertz CT molecular complexity index is 366. The van der Waals surface area contributed by atoms with E-state index in [-0.39, 0.29) is 6.10 Å². The first kappa shape index (κ1) is 19.5. The van der Waals surface area contributed by atoms with Crippen molar-refractivity contribution in [1.82, 2.24) is 15.5 Å². The number of aliphatic imine (C=N–C) groups is 1. The maximum absolute atomic E-state index is 9.66. The molecule has 1 aliphatic carbocycles. The Morgan fingerprint density at radius 1 is 1.12 bits per heavy atom. The quantitative estimate of drug-likeness (QED) is 0.493. The fraction of sp³-hybridized carbons (Fsp3) is 0.947. The van der Waals surface area contributed by atoms with Crippen molar-refractivity contribution in [3.8, 4) is 0 Å². The van der Waals surface area contributed by atoms with Gasteiger partial charge in [-0.3, -0.25) is 9.89 Å². The van der Waals surface area contributed by atoms with Crippen LogP contribution in [0.5, 0.6) is 0 Å². The molecular formula is C19H38N4O. The van der Waals surface area contributed by atoms with Crippen molar-refractivity contribution in [2.24, 2.45) is 4.99 Å². The van der Waals surface area contributed by atoms with E-state index < -0.39 is 0 Å². The second kappa shape index (κ2) is 10.9. The third kappa shape index (κ3) is 6.60. The van der Waals surface area contributed by atoms with E-state index >= 15 is 0 Å². The van der Waals surface area contributed by atoms with Gasteiger partial charge in [-0.05, 0) is 65.0 Å². The van der Waals surface area contributed by atoms with Gasteiger partial charge >= 0.3 is 0 Å². The highest BCUT2D eigenvalue weighted by Crippen LogP contribution is 2.19. The third-order valence-corrected chi connectivity index (χ3v) is 5.39. The van der Waals surface area contributed by atoms with E-state index in [1.807, 2.05) is 0 Å². The molecule has 24 heavy (non-hydrogen) atoms. The van der Waals surface area contributed by atoms with E-state index in [2.05, 4.69) is 29.4 Å². The minimum Gasteiger partial charge on any atom is -0.393 e. The molecule has 1 atom stereocenters. The highest BCUT2D eigenvalue weighted by molar-refractivity contribution is 5.80. The average Bonchev–Trinajstić information content (AvgIpc) is 2.60. The lowest BCUT2D eigenvalue weighted by molar-refractivity contribution is 0.120. The van der Waals surface area contributed by atoms with Crippen molar-refractivity contribution in [2.45, 2.75) is 89.8 Å². The Hall–Kier alpha value is -0.810. The lowest BCUT2D eigenvalue weighted by Gasteiger charge is -2.35. The molecule has 3 N–H and O–H groups in total. The molecule has 1 aliphatic heterocycles. The molecule has 0 aromatic heterocycles. The first-order chi connectivity index (χ1) is 11.7. The summed E-state index contributed by atoms with van der Waals surface area (Å²) in [5.41, 5.74) is 0. The van der Waals surface area contributed by atoms with E-state index in [4.69, 9.17) is 4.99 Å². The fourth-order valence-corrected chi connectivity index (χ4v) is 3.85. The summed E-state index contributed by atoms with van der Waals surface area (Å²) in [6.07, 6.45) is 10.3. The number of nitrogens with zero attached hydrogens (tertiary/aromatic N) is 2. The van der Waals surface area contributed by atoms with Gasteiger partial charge in [-0.1, -0.05) is 19.8 Å². The molecule has 0 aromatic carbocycles. The van der Waals surface area contributed by atoms with E-state index in [9.17, 15) is 5.11 Å². The lowest BCUT2D eigenvalue weighted by Crippen LogP contribution is -2.47. The highest BCUT2D eigenvalue weighted by atomic mass is 16.3. The normalized spacial score (nSPS) is 29.5. The topological polar surface area (TPSA) is 59.9 Å². The van der Waals surface area contributed by atoms with Gasteiger partial charge in [-0.25, -0.2) is 0 Å². The van der Waals surface area contributed by atoms with Gasteiger partial charge in [0.05, 0.1) is 12.6 Å². The second-order valence-corrected chi connectivity index (χ2v) is 7.41. The summed E-state index contributed by atoms with van der Waals surface area (Å²) in [7, 11) is 0. The Morgan fingerprint density at radius 2 is 1.92 bits per heavy atom. The van der Waals surface area contributed by atoms with Crippen molar-refractivity contribution in [2.75, 3.05) is 26.2 Å². The van der Waals surface area contributed by atoms with E-state index in [1.54, 1.807) is 0 Å². The Labute approximate surface area is 148 Å². The van der Waals surface area contributed by atoms with Crippen LogP contribution >= 0.6 is 0 Å². The van der Waals surface area contributed by atoms with Crippen molar-refractivity contribution >= 4 is 5.96 Å². The standard InChI is InChI=1S/C19H38N4O/c1-3-5-13-23-14-7-6-8-17(23)15-21-19(20-4-2)22-16-9-11-18(24)12-10-16/h16-18,24H,3-15H2,1-2H3,(H2,20,21,22). The molecular weight excluding hydrogens is 300 g/mol. The van der Waals surface area contributed by atoms with Crippen LogP contribution < -0.4 is 10.6 Å². The van der Waals surface area contributed by atoms with Crippen molar-refractivity contribution in [3.63, 3.8) is 0 Å².